The summed E-state index contributed by atoms with van der Waals surface area (Å²) in [6.45, 7) is 4.09. The first-order chi connectivity index (χ1) is 7.79. The van der Waals surface area contributed by atoms with E-state index in [9.17, 15) is 0 Å². The lowest BCUT2D eigenvalue weighted by Gasteiger charge is -2.18. The molecule has 1 atom stereocenters. The Labute approximate surface area is 102 Å². The molecule has 0 aliphatic carbocycles. The van der Waals surface area contributed by atoms with Gasteiger partial charge in [-0.2, -0.15) is 0 Å². The molecule has 0 fully saturated rings. The van der Waals surface area contributed by atoms with Gasteiger partial charge in [-0.15, -0.1) is 11.8 Å². The van der Waals surface area contributed by atoms with E-state index in [0.717, 1.165) is 19.5 Å². The third-order valence-electron chi connectivity index (χ3n) is 3.05. The molecular formula is C13H20N2S. The Morgan fingerprint density at radius 3 is 3.19 bits per heavy atom. The zero-order valence-corrected chi connectivity index (χ0v) is 10.6. The highest BCUT2D eigenvalue weighted by Crippen LogP contribution is 2.31. The van der Waals surface area contributed by atoms with Crippen LogP contribution in [-0.4, -0.2) is 18.8 Å². The van der Waals surface area contributed by atoms with E-state index >= 15 is 0 Å². The summed E-state index contributed by atoms with van der Waals surface area (Å²) < 4.78 is 0. The Hall–Kier alpha value is -0.670. The molecule has 1 aromatic carbocycles. The molecule has 16 heavy (non-hydrogen) atoms. The van der Waals surface area contributed by atoms with E-state index < -0.39 is 0 Å². The second-order valence-corrected chi connectivity index (χ2v) is 5.62. The molecule has 1 unspecified atom stereocenters. The van der Waals surface area contributed by atoms with Crippen LogP contribution in [-0.2, 0) is 6.42 Å². The summed E-state index contributed by atoms with van der Waals surface area (Å²) in [4.78, 5) is 1.41. The average molecular weight is 236 g/mol. The van der Waals surface area contributed by atoms with Gasteiger partial charge < -0.3 is 11.1 Å². The third-order valence-corrected chi connectivity index (χ3v) is 4.11. The molecule has 0 spiro atoms. The molecule has 0 saturated heterocycles. The van der Waals surface area contributed by atoms with Gasteiger partial charge >= 0.3 is 0 Å². The van der Waals surface area contributed by atoms with Crippen LogP contribution < -0.4 is 11.1 Å². The lowest BCUT2D eigenvalue weighted by Crippen LogP contribution is -2.12. The van der Waals surface area contributed by atoms with Crippen LogP contribution in [0.1, 0.15) is 18.9 Å². The van der Waals surface area contributed by atoms with E-state index in [-0.39, 0.29) is 0 Å². The molecule has 0 radical (unpaired) electrons. The van der Waals surface area contributed by atoms with Crippen molar-refractivity contribution in [3.8, 4) is 0 Å². The molecule has 1 heterocycles. The predicted octanol–water partition coefficient (Wildman–Crippen LogP) is 2.73. The molecule has 1 aliphatic rings. The van der Waals surface area contributed by atoms with E-state index in [1.54, 1.807) is 0 Å². The molecule has 2 rings (SSSR count). The first kappa shape index (κ1) is 11.8. The molecule has 1 aromatic rings. The van der Waals surface area contributed by atoms with Crippen molar-refractivity contribution in [1.29, 1.82) is 0 Å². The number of nitrogens with one attached hydrogen (secondary N) is 1. The highest BCUT2D eigenvalue weighted by molar-refractivity contribution is 7.99. The third kappa shape index (κ3) is 2.92. The molecule has 0 amide bonds. The standard InChI is InChI=1S/C13H20N2S/c1-10(9-14)2-3-11-4-5-12-13(8-11)16-7-6-15-12/h4-5,8,10,15H,2-3,6-7,9,14H2,1H3. The smallest absolute Gasteiger partial charge is 0.0478 e. The minimum Gasteiger partial charge on any atom is -0.383 e. The minimum atomic E-state index is 0.627. The van der Waals surface area contributed by atoms with Gasteiger partial charge in [0, 0.05) is 22.9 Å². The van der Waals surface area contributed by atoms with Gasteiger partial charge in [0.2, 0.25) is 0 Å². The first-order valence-corrected chi connectivity index (χ1v) is 6.98. The number of anilines is 1. The van der Waals surface area contributed by atoms with E-state index in [1.165, 1.54) is 28.3 Å². The topological polar surface area (TPSA) is 38.0 Å². The molecule has 0 aromatic heterocycles. The van der Waals surface area contributed by atoms with Crippen LogP contribution >= 0.6 is 11.8 Å². The molecule has 3 heteroatoms. The lowest BCUT2D eigenvalue weighted by molar-refractivity contribution is 0.544. The lowest BCUT2D eigenvalue weighted by atomic mass is 10.0. The van der Waals surface area contributed by atoms with Gasteiger partial charge in [-0.3, -0.25) is 0 Å². The minimum absolute atomic E-state index is 0.627. The predicted molar refractivity (Wildman–Crippen MR) is 72.2 cm³/mol. The van der Waals surface area contributed by atoms with Crippen LogP contribution in [0.25, 0.3) is 0 Å². The molecule has 0 saturated carbocycles. The van der Waals surface area contributed by atoms with Crippen LogP contribution in [0.15, 0.2) is 23.1 Å². The fourth-order valence-corrected chi connectivity index (χ4v) is 2.82. The molecule has 1 aliphatic heterocycles. The summed E-state index contributed by atoms with van der Waals surface area (Å²) in [6, 6.07) is 6.78. The number of thioether (sulfide) groups is 1. The monoisotopic (exact) mass is 236 g/mol. The Morgan fingerprint density at radius 1 is 1.50 bits per heavy atom. The summed E-state index contributed by atoms with van der Waals surface area (Å²) in [5.74, 6) is 1.80. The van der Waals surface area contributed by atoms with Crippen molar-refractivity contribution in [3.05, 3.63) is 23.8 Å². The van der Waals surface area contributed by atoms with Crippen molar-refractivity contribution in [2.45, 2.75) is 24.7 Å². The zero-order chi connectivity index (χ0) is 11.4. The molecule has 88 valence electrons. The Balaban J connectivity index is 2.00. The second kappa shape index (κ2) is 5.60. The molecular weight excluding hydrogens is 216 g/mol. The zero-order valence-electron chi connectivity index (χ0n) is 9.83. The number of rotatable bonds is 4. The summed E-state index contributed by atoms with van der Waals surface area (Å²) >= 11 is 1.96. The largest absolute Gasteiger partial charge is 0.383 e. The quantitative estimate of drug-likeness (QED) is 0.844. The van der Waals surface area contributed by atoms with Crippen LogP contribution in [0.4, 0.5) is 5.69 Å². The maximum atomic E-state index is 5.63. The van der Waals surface area contributed by atoms with Gasteiger partial charge in [-0.1, -0.05) is 13.0 Å². The molecule has 2 nitrogen and oxygen atoms in total. The fraction of sp³-hybridized carbons (Fsp3) is 0.538. The highest BCUT2D eigenvalue weighted by Gasteiger charge is 2.09. The average Bonchev–Trinajstić information content (AvgIpc) is 2.35. The van der Waals surface area contributed by atoms with Crippen LogP contribution in [0.2, 0.25) is 0 Å². The Morgan fingerprint density at radius 2 is 2.38 bits per heavy atom. The van der Waals surface area contributed by atoms with Crippen molar-refractivity contribution in [2.75, 3.05) is 24.2 Å². The SMILES string of the molecule is CC(CN)CCc1ccc2c(c1)SCCN2. The maximum Gasteiger partial charge on any atom is 0.0478 e. The van der Waals surface area contributed by atoms with Gasteiger partial charge in [-0.05, 0) is 43.0 Å². The summed E-state index contributed by atoms with van der Waals surface area (Å²) in [7, 11) is 0. The van der Waals surface area contributed by atoms with E-state index in [2.05, 4.69) is 30.4 Å². The number of hydrogen-bond donors (Lipinski definition) is 2. The maximum absolute atomic E-state index is 5.63. The van der Waals surface area contributed by atoms with Gasteiger partial charge in [0.15, 0.2) is 0 Å². The van der Waals surface area contributed by atoms with Crippen molar-refractivity contribution in [1.82, 2.24) is 0 Å². The Bertz CT molecular complexity index is 352. The molecule has 0 bridgehead atoms. The van der Waals surface area contributed by atoms with Crippen LogP contribution in [0, 0.1) is 5.92 Å². The van der Waals surface area contributed by atoms with Crippen LogP contribution in [0.5, 0.6) is 0 Å². The molecule has 3 N–H and O–H groups in total. The van der Waals surface area contributed by atoms with Crippen molar-refractivity contribution in [3.63, 3.8) is 0 Å². The Kier molecular flexibility index (Phi) is 4.13. The second-order valence-electron chi connectivity index (χ2n) is 4.49. The first-order valence-electron chi connectivity index (χ1n) is 5.99. The van der Waals surface area contributed by atoms with Crippen molar-refractivity contribution < 1.29 is 0 Å². The van der Waals surface area contributed by atoms with E-state index in [4.69, 9.17) is 5.73 Å². The van der Waals surface area contributed by atoms with Gasteiger partial charge in [0.05, 0.1) is 0 Å². The van der Waals surface area contributed by atoms with E-state index in [1.807, 2.05) is 11.8 Å². The highest BCUT2D eigenvalue weighted by atomic mass is 32.2. The summed E-state index contributed by atoms with van der Waals surface area (Å²) in [5, 5.41) is 3.43. The van der Waals surface area contributed by atoms with Gasteiger partial charge in [0.1, 0.15) is 0 Å². The number of benzene rings is 1. The summed E-state index contributed by atoms with van der Waals surface area (Å²) in [5.41, 5.74) is 8.37. The number of fused-ring (bicyclic) bond motifs is 1. The number of hydrogen-bond acceptors (Lipinski definition) is 3. The fourth-order valence-electron chi connectivity index (χ4n) is 1.87. The van der Waals surface area contributed by atoms with Crippen LogP contribution in [0.3, 0.4) is 0 Å². The van der Waals surface area contributed by atoms with Gasteiger partial charge in [0.25, 0.3) is 0 Å². The van der Waals surface area contributed by atoms with E-state index in [0.29, 0.717) is 5.92 Å². The van der Waals surface area contributed by atoms with Crippen molar-refractivity contribution in [2.24, 2.45) is 11.7 Å². The van der Waals surface area contributed by atoms with Gasteiger partial charge in [-0.25, -0.2) is 0 Å². The number of nitrogens with two attached hydrogens (primary N) is 1. The summed E-state index contributed by atoms with van der Waals surface area (Å²) in [6.07, 6.45) is 2.33. The normalized spacial score (nSPS) is 16.4. The number of aryl methyl sites for hydroxylation is 1. The van der Waals surface area contributed by atoms with Crippen molar-refractivity contribution >= 4 is 17.4 Å².